The van der Waals surface area contributed by atoms with Crippen molar-refractivity contribution in [3.05, 3.63) is 28.5 Å². The van der Waals surface area contributed by atoms with Gasteiger partial charge in [-0.15, -0.1) is 0 Å². The van der Waals surface area contributed by atoms with E-state index in [0.29, 0.717) is 6.04 Å². The molecule has 0 amide bonds. The van der Waals surface area contributed by atoms with E-state index in [1.165, 1.54) is 5.56 Å². The number of nitrogens with one attached hydrogen (secondary N) is 1. The zero-order valence-corrected chi connectivity index (χ0v) is 10.5. The summed E-state index contributed by atoms with van der Waals surface area (Å²) in [5, 5.41) is 3.44. The lowest BCUT2D eigenvalue weighted by Gasteiger charge is -2.31. The van der Waals surface area contributed by atoms with Crippen LogP contribution in [0.2, 0.25) is 0 Å². The Bertz CT molecular complexity index is 329. The van der Waals surface area contributed by atoms with Crippen LogP contribution in [-0.2, 0) is 6.54 Å². The van der Waals surface area contributed by atoms with Crippen LogP contribution in [0.3, 0.4) is 0 Å². The third kappa shape index (κ3) is 3.26. The molecule has 1 aliphatic heterocycles. The monoisotopic (exact) mass is 269 g/mol. The van der Waals surface area contributed by atoms with Crippen molar-refractivity contribution < 1.29 is 0 Å². The van der Waals surface area contributed by atoms with E-state index in [-0.39, 0.29) is 0 Å². The van der Waals surface area contributed by atoms with Crippen molar-refractivity contribution in [1.29, 1.82) is 0 Å². The summed E-state index contributed by atoms with van der Waals surface area (Å²) >= 11 is 3.45. The minimum absolute atomic E-state index is 0.596. The third-order valence-corrected chi connectivity index (χ3v) is 3.05. The topological polar surface area (TPSA) is 28.2 Å². The molecule has 0 aromatic carbocycles. The Kier molecular flexibility index (Phi) is 3.72. The van der Waals surface area contributed by atoms with Crippen LogP contribution < -0.4 is 5.32 Å². The maximum atomic E-state index is 4.18. The molecule has 1 aliphatic rings. The first-order valence-electron chi connectivity index (χ1n) is 5.29. The lowest BCUT2D eigenvalue weighted by atomic mass is 10.2. The van der Waals surface area contributed by atoms with E-state index < -0.39 is 0 Å². The molecule has 1 fully saturated rings. The number of aromatic nitrogens is 1. The highest BCUT2D eigenvalue weighted by atomic mass is 79.9. The van der Waals surface area contributed by atoms with Crippen molar-refractivity contribution in [2.24, 2.45) is 0 Å². The SMILES string of the molecule is C[C@@H]1CN(Cc2cncc(Br)c2)CCN1. The summed E-state index contributed by atoms with van der Waals surface area (Å²) in [6.07, 6.45) is 3.77. The highest BCUT2D eigenvalue weighted by Gasteiger charge is 2.15. The molecule has 2 rings (SSSR count). The molecule has 0 aliphatic carbocycles. The van der Waals surface area contributed by atoms with E-state index in [1.807, 2.05) is 12.4 Å². The molecule has 82 valence electrons. The van der Waals surface area contributed by atoms with Gasteiger partial charge in [0.2, 0.25) is 0 Å². The number of nitrogens with zero attached hydrogens (tertiary/aromatic N) is 2. The van der Waals surface area contributed by atoms with E-state index in [9.17, 15) is 0 Å². The van der Waals surface area contributed by atoms with Gasteiger partial charge in [-0.25, -0.2) is 0 Å². The molecule has 0 saturated carbocycles. The molecule has 0 spiro atoms. The molecule has 4 heteroatoms. The lowest BCUT2D eigenvalue weighted by molar-refractivity contribution is 0.199. The van der Waals surface area contributed by atoms with Crippen molar-refractivity contribution in [3.63, 3.8) is 0 Å². The van der Waals surface area contributed by atoms with Crippen LogP contribution in [0.5, 0.6) is 0 Å². The summed E-state index contributed by atoms with van der Waals surface area (Å²) in [5.41, 5.74) is 1.28. The largest absolute Gasteiger partial charge is 0.312 e. The number of piperazine rings is 1. The summed E-state index contributed by atoms with van der Waals surface area (Å²) in [6.45, 7) is 6.55. The summed E-state index contributed by atoms with van der Waals surface area (Å²) in [5.74, 6) is 0. The molecule has 0 radical (unpaired) electrons. The smallest absolute Gasteiger partial charge is 0.0410 e. The third-order valence-electron chi connectivity index (χ3n) is 2.62. The van der Waals surface area contributed by atoms with Crippen molar-refractivity contribution in [1.82, 2.24) is 15.2 Å². The Morgan fingerprint density at radius 1 is 1.60 bits per heavy atom. The van der Waals surface area contributed by atoms with E-state index >= 15 is 0 Å². The number of pyridine rings is 1. The Hall–Kier alpha value is -0.450. The quantitative estimate of drug-likeness (QED) is 0.885. The molecule has 15 heavy (non-hydrogen) atoms. The van der Waals surface area contributed by atoms with Crippen LogP contribution in [0, 0.1) is 0 Å². The molecule has 2 heterocycles. The summed E-state index contributed by atoms with van der Waals surface area (Å²) in [7, 11) is 0. The average molecular weight is 270 g/mol. The first-order chi connectivity index (χ1) is 7.24. The van der Waals surface area contributed by atoms with Gasteiger partial charge in [-0.1, -0.05) is 0 Å². The number of rotatable bonds is 2. The van der Waals surface area contributed by atoms with Gasteiger partial charge in [0.1, 0.15) is 0 Å². The minimum Gasteiger partial charge on any atom is -0.312 e. The Morgan fingerprint density at radius 3 is 3.20 bits per heavy atom. The van der Waals surface area contributed by atoms with Crippen molar-refractivity contribution in [2.75, 3.05) is 19.6 Å². The normalized spacial score (nSPS) is 22.9. The molecule has 1 atom stereocenters. The van der Waals surface area contributed by atoms with Gasteiger partial charge in [-0.05, 0) is 34.5 Å². The minimum atomic E-state index is 0.596. The van der Waals surface area contributed by atoms with Crippen LogP contribution in [0.15, 0.2) is 22.9 Å². The van der Waals surface area contributed by atoms with Gasteiger partial charge in [0.15, 0.2) is 0 Å². The Balaban J connectivity index is 1.96. The van der Waals surface area contributed by atoms with Crippen molar-refractivity contribution >= 4 is 15.9 Å². The molecular weight excluding hydrogens is 254 g/mol. The standard InChI is InChI=1S/C11H16BrN3/c1-9-7-15(3-2-14-9)8-10-4-11(12)6-13-5-10/h4-6,9,14H,2-3,7-8H2,1H3/t9-/m1/s1. The first kappa shape index (κ1) is 11.0. The maximum Gasteiger partial charge on any atom is 0.0410 e. The predicted octanol–water partition coefficient (Wildman–Crippen LogP) is 1.64. The van der Waals surface area contributed by atoms with Crippen LogP contribution in [-0.4, -0.2) is 35.6 Å². The van der Waals surface area contributed by atoms with Gasteiger partial charge < -0.3 is 5.32 Å². The fourth-order valence-corrected chi connectivity index (χ4v) is 2.37. The molecule has 1 aromatic heterocycles. The van der Waals surface area contributed by atoms with Crippen LogP contribution in [0.25, 0.3) is 0 Å². The average Bonchev–Trinajstić information content (AvgIpc) is 2.17. The van der Waals surface area contributed by atoms with Gasteiger partial charge in [0.05, 0.1) is 0 Å². The molecule has 1 N–H and O–H groups in total. The van der Waals surface area contributed by atoms with Crippen molar-refractivity contribution in [3.8, 4) is 0 Å². The fraction of sp³-hybridized carbons (Fsp3) is 0.545. The predicted molar refractivity (Wildman–Crippen MR) is 64.7 cm³/mol. The van der Waals surface area contributed by atoms with Crippen LogP contribution in [0.4, 0.5) is 0 Å². The molecule has 0 bridgehead atoms. The van der Waals surface area contributed by atoms with E-state index in [2.05, 4.69) is 44.1 Å². The zero-order valence-electron chi connectivity index (χ0n) is 8.91. The van der Waals surface area contributed by atoms with Gasteiger partial charge in [-0.3, -0.25) is 9.88 Å². The van der Waals surface area contributed by atoms with Crippen LogP contribution in [0.1, 0.15) is 12.5 Å². The van der Waals surface area contributed by atoms with Gasteiger partial charge in [0.25, 0.3) is 0 Å². The first-order valence-corrected chi connectivity index (χ1v) is 6.08. The van der Waals surface area contributed by atoms with Gasteiger partial charge in [0, 0.05) is 49.1 Å². The van der Waals surface area contributed by atoms with Gasteiger partial charge in [-0.2, -0.15) is 0 Å². The lowest BCUT2D eigenvalue weighted by Crippen LogP contribution is -2.48. The second kappa shape index (κ2) is 5.05. The van der Waals surface area contributed by atoms with E-state index in [1.54, 1.807) is 0 Å². The number of hydrogen-bond donors (Lipinski definition) is 1. The highest BCUT2D eigenvalue weighted by Crippen LogP contribution is 2.12. The molecule has 1 aromatic rings. The Morgan fingerprint density at radius 2 is 2.47 bits per heavy atom. The van der Waals surface area contributed by atoms with Crippen LogP contribution >= 0.6 is 15.9 Å². The maximum absolute atomic E-state index is 4.18. The highest BCUT2D eigenvalue weighted by molar-refractivity contribution is 9.10. The molecular formula is C11H16BrN3. The summed E-state index contributed by atoms with van der Waals surface area (Å²) in [4.78, 5) is 6.64. The molecule has 1 saturated heterocycles. The zero-order chi connectivity index (χ0) is 10.7. The summed E-state index contributed by atoms with van der Waals surface area (Å²) in [6, 6.07) is 2.73. The number of hydrogen-bond acceptors (Lipinski definition) is 3. The molecule has 0 unspecified atom stereocenters. The second-order valence-corrected chi connectivity index (χ2v) is 5.02. The van der Waals surface area contributed by atoms with E-state index in [0.717, 1.165) is 30.7 Å². The second-order valence-electron chi connectivity index (χ2n) is 4.10. The summed E-state index contributed by atoms with van der Waals surface area (Å²) < 4.78 is 1.06. The Labute approximate surface area is 99.0 Å². The number of halogens is 1. The van der Waals surface area contributed by atoms with E-state index in [4.69, 9.17) is 0 Å². The van der Waals surface area contributed by atoms with Gasteiger partial charge >= 0.3 is 0 Å². The molecule has 3 nitrogen and oxygen atoms in total. The fourth-order valence-electron chi connectivity index (χ4n) is 1.96. The van der Waals surface area contributed by atoms with Crippen molar-refractivity contribution in [2.45, 2.75) is 19.5 Å².